The van der Waals surface area contributed by atoms with E-state index in [1.807, 2.05) is 6.92 Å². The van der Waals surface area contributed by atoms with E-state index in [9.17, 15) is 8.42 Å². The monoisotopic (exact) mass is 277 g/mol. The van der Waals surface area contributed by atoms with Crippen LogP contribution in [-0.4, -0.2) is 28.3 Å². The summed E-state index contributed by atoms with van der Waals surface area (Å²) in [6, 6.07) is 0. The molecule has 0 aromatic heterocycles. The molecule has 0 saturated heterocycles. The Morgan fingerprint density at radius 3 is 2.20 bits per heavy atom. The molecule has 0 aromatic rings. The van der Waals surface area contributed by atoms with Gasteiger partial charge >= 0.3 is 10.3 Å². The second kappa shape index (κ2) is 6.91. The SMILES string of the molecule is CCCCCC(Cl)N(C(C)Cl)S(=O)(=O)O. The fourth-order valence-electron chi connectivity index (χ4n) is 1.24. The number of hydrogen-bond acceptors (Lipinski definition) is 2. The second-order valence-electron chi connectivity index (χ2n) is 3.31. The summed E-state index contributed by atoms with van der Waals surface area (Å²) in [5.74, 6) is 0. The number of halogens is 2. The molecule has 2 atom stereocenters. The van der Waals surface area contributed by atoms with Crippen LogP contribution in [0.1, 0.15) is 39.5 Å². The molecular formula is C8H17Cl2NO3S. The minimum Gasteiger partial charge on any atom is -0.273 e. The van der Waals surface area contributed by atoms with Crippen LogP contribution in [0.4, 0.5) is 0 Å². The molecule has 0 rings (SSSR count). The molecule has 0 aliphatic rings. The van der Waals surface area contributed by atoms with Crippen molar-refractivity contribution in [1.82, 2.24) is 4.31 Å². The summed E-state index contributed by atoms with van der Waals surface area (Å²) in [6.45, 7) is 3.48. The van der Waals surface area contributed by atoms with E-state index in [1.165, 1.54) is 6.92 Å². The third-order valence-corrected chi connectivity index (χ3v) is 3.91. The lowest BCUT2D eigenvalue weighted by Gasteiger charge is -2.25. The third-order valence-electron chi connectivity index (χ3n) is 1.94. The molecule has 15 heavy (non-hydrogen) atoms. The van der Waals surface area contributed by atoms with Crippen LogP contribution in [0.2, 0.25) is 0 Å². The highest BCUT2D eigenvalue weighted by Crippen LogP contribution is 2.21. The largest absolute Gasteiger partial charge is 0.338 e. The van der Waals surface area contributed by atoms with Gasteiger partial charge in [0.1, 0.15) is 5.50 Å². The number of alkyl halides is 2. The average Bonchev–Trinajstić information content (AvgIpc) is 2.00. The predicted molar refractivity (Wildman–Crippen MR) is 62.5 cm³/mol. The van der Waals surface area contributed by atoms with Gasteiger partial charge in [0.05, 0.1) is 5.50 Å². The van der Waals surface area contributed by atoms with E-state index in [0.717, 1.165) is 19.3 Å². The van der Waals surface area contributed by atoms with Gasteiger partial charge in [-0.25, -0.2) is 0 Å². The number of unbranched alkanes of at least 4 members (excludes halogenated alkanes) is 2. The van der Waals surface area contributed by atoms with Crippen LogP contribution >= 0.6 is 23.2 Å². The van der Waals surface area contributed by atoms with Crippen LogP contribution in [0.3, 0.4) is 0 Å². The molecule has 7 heteroatoms. The Hall–Kier alpha value is 0.450. The van der Waals surface area contributed by atoms with Gasteiger partial charge < -0.3 is 0 Å². The van der Waals surface area contributed by atoms with Crippen molar-refractivity contribution >= 4 is 33.5 Å². The Bertz CT molecular complexity index is 269. The van der Waals surface area contributed by atoms with Gasteiger partial charge in [0.25, 0.3) is 0 Å². The summed E-state index contributed by atoms with van der Waals surface area (Å²) in [6.07, 6.45) is 3.28. The molecule has 0 aromatic carbocycles. The van der Waals surface area contributed by atoms with Gasteiger partial charge in [-0.1, -0.05) is 26.2 Å². The minimum absolute atomic E-state index is 0.478. The fourth-order valence-corrected chi connectivity index (χ4v) is 3.12. The van der Waals surface area contributed by atoms with Gasteiger partial charge in [-0.15, -0.1) is 27.5 Å². The van der Waals surface area contributed by atoms with E-state index in [0.29, 0.717) is 10.7 Å². The molecule has 0 spiro atoms. The highest BCUT2D eigenvalue weighted by atomic mass is 35.5. The first kappa shape index (κ1) is 15.4. The number of hydrogen-bond donors (Lipinski definition) is 1. The van der Waals surface area contributed by atoms with E-state index in [-0.39, 0.29) is 0 Å². The Morgan fingerprint density at radius 1 is 1.33 bits per heavy atom. The van der Waals surface area contributed by atoms with Crippen LogP contribution in [0, 0.1) is 0 Å². The number of rotatable bonds is 7. The maximum atomic E-state index is 11.0. The first-order valence-corrected chi connectivity index (χ1v) is 7.11. The predicted octanol–water partition coefficient (Wildman–Crippen LogP) is 2.82. The van der Waals surface area contributed by atoms with E-state index in [1.54, 1.807) is 0 Å². The van der Waals surface area contributed by atoms with Crippen molar-refractivity contribution in [2.75, 3.05) is 0 Å². The minimum atomic E-state index is -4.33. The van der Waals surface area contributed by atoms with Gasteiger partial charge in [-0.3, -0.25) is 4.55 Å². The molecular weight excluding hydrogens is 261 g/mol. The molecule has 4 nitrogen and oxygen atoms in total. The summed E-state index contributed by atoms with van der Waals surface area (Å²) < 4.78 is 31.5. The fraction of sp³-hybridized carbons (Fsp3) is 1.00. The van der Waals surface area contributed by atoms with Gasteiger partial charge in [-0.2, -0.15) is 8.42 Å². The Labute approximate surface area is 101 Å². The average molecular weight is 278 g/mol. The van der Waals surface area contributed by atoms with Gasteiger partial charge in [-0.05, 0) is 13.3 Å². The lowest BCUT2D eigenvalue weighted by atomic mass is 10.2. The lowest BCUT2D eigenvalue weighted by Crippen LogP contribution is -2.40. The Kier molecular flexibility index (Phi) is 7.12. The van der Waals surface area contributed by atoms with Gasteiger partial charge in [0.2, 0.25) is 0 Å². The van der Waals surface area contributed by atoms with Crippen LogP contribution in [-0.2, 0) is 10.3 Å². The molecule has 0 saturated carbocycles. The van der Waals surface area contributed by atoms with Crippen molar-refractivity contribution in [1.29, 1.82) is 0 Å². The zero-order chi connectivity index (χ0) is 12.1. The Balaban J connectivity index is 4.38. The zero-order valence-electron chi connectivity index (χ0n) is 8.86. The van der Waals surface area contributed by atoms with E-state index >= 15 is 0 Å². The van der Waals surface area contributed by atoms with Gasteiger partial charge in [0, 0.05) is 0 Å². The maximum Gasteiger partial charge on any atom is 0.338 e. The molecule has 0 aliphatic heterocycles. The topological polar surface area (TPSA) is 57.6 Å². The molecule has 0 aliphatic carbocycles. The Morgan fingerprint density at radius 2 is 1.87 bits per heavy atom. The lowest BCUT2D eigenvalue weighted by molar-refractivity contribution is 0.314. The standard InChI is InChI=1S/C8H17Cl2NO3S/c1-3-4-5-6-8(10)11(7(2)9)15(12,13)14/h7-8H,3-6H2,1-2H3,(H,12,13,14). The summed E-state index contributed by atoms with van der Waals surface area (Å²) in [5, 5.41) is 0. The van der Waals surface area contributed by atoms with Crippen LogP contribution in [0.15, 0.2) is 0 Å². The van der Waals surface area contributed by atoms with Crippen molar-refractivity contribution in [3.8, 4) is 0 Å². The van der Waals surface area contributed by atoms with Crippen LogP contribution in [0.5, 0.6) is 0 Å². The smallest absolute Gasteiger partial charge is 0.273 e. The summed E-state index contributed by atoms with van der Waals surface area (Å²) >= 11 is 11.5. The van der Waals surface area contributed by atoms with Crippen molar-refractivity contribution < 1.29 is 13.0 Å². The van der Waals surface area contributed by atoms with Crippen molar-refractivity contribution in [3.63, 3.8) is 0 Å². The molecule has 92 valence electrons. The summed E-state index contributed by atoms with van der Waals surface area (Å²) in [4.78, 5) is 0. The van der Waals surface area contributed by atoms with Crippen molar-refractivity contribution in [2.45, 2.75) is 50.5 Å². The summed E-state index contributed by atoms with van der Waals surface area (Å²) in [5.41, 5.74) is -1.65. The first-order valence-electron chi connectivity index (χ1n) is 4.84. The van der Waals surface area contributed by atoms with Gasteiger partial charge in [0.15, 0.2) is 0 Å². The molecule has 1 N–H and O–H groups in total. The van der Waals surface area contributed by atoms with E-state index in [2.05, 4.69) is 0 Å². The van der Waals surface area contributed by atoms with Crippen molar-refractivity contribution in [2.24, 2.45) is 0 Å². The third kappa shape index (κ3) is 5.92. The molecule has 2 unspecified atom stereocenters. The highest BCUT2D eigenvalue weighted by molar-refractivity contribution is 7.83. The van der Waals surface area contributed by atoms with Crippen molar-refractivity contribution in [3.05, 3.63) is 0 Å². The van der Waals surface area contributed by atoms with E-state index < -0.39 is 21.3 Å². The normalized spacial score (nSPS) is 16.7. The first-order chi connectivity index (χ1) is 6.80. The zero-order valence-corrected chi connectivity index (χ0v) is 11.2. The molecule has 0 radical (unpaired) electrons. The molecule has 0 amide bonds. The van der Waals surface area contributed by atoms with Crippen LogP contribution < -0.4 is 0 Å². The number of nitrogens with zero attached hydrogens (tertiary/aromatic N) is 1. The maximum absolute atomic E-state index is 11.0. The molecule has 0 heterocycles. The summed E-state index contributed by atoms with van der Waals surface area (Å²) in [7, 11) is -4.33. The second-order valence-corrected chi connectivity index (χ2v) is 5.76. The quantitative estimate of drug-likeness (QED) is 0.337. The molecule has 0 bridgehead atoms. The molecule has 0 fully saturated rings. The van der Waals surface area contributed by atoms with Crippen LogP contribution in [0.25, 0.3) is 0 Å². The highest BCUT2D eigenvalue weighted by Gasteiger charge is 2.30. The van der Waals surface area contributed by atoms with E-state index in [4.69, 9.17) is 27.8 Å².